The van der Waals surface area contributed by atoms with Crippen molar-refractivity contribution in [2.45, 2.75) is 46.3 Å². The van der Waals surface area contributed by atoms with Gasteiger partial charge in [-0.05, 0) is 52.8 Å². The van der Waals surface area contributed by atoms with E-state index in [0.29, 0.717) is 0 Å². The minimum absolute atomic E-state index is 0.0112. The van der Waals surface area contributed by atoms with Crippen LogP contribution in [0.15, 0.2) is 24.3 Å². The van der Waals surface area contributed by atoms with E-state index in [1.807, 2.05) is 58.9 Å². The fourth-order valence-electron chi connectivity index (χ4n) is 1.67. The molecule has 0 spiro atoms. The van der Waals surface area contributed by atoms with Crippen molar-refractivity contribution in [3.05, 3.63) is 29.8 Å². The Morgan fingerprint density at radius 2 is 2.00 bits per heavy atom. The predicted octanol–water partition coefficient (Wildman–Crippen LogP) is 3.82. The molecule has 1 aromatic carbocycles. The fourth-order valence-corrected chi connectivity index (χ4v) is 1.67. The second-order valence-electron chi connectivity index (χ2n) is 5.64. The van der Waals surface area contributed by atoms with E-state index in [0.717, 1.165) is 11.3 Å². The number of hydrogen-bond acceptors (Lipinski definition) is 2. The highest BCUT2D eigenvalue weighted by Gasteiger charge is 2.25. The Morgan fingerprint density at radius 3 is 2.47 bits per heavy atom. The summed E-state index contributed by atoms with van der Waals surface area (Å²) in [6.07, 6.45) is 5.02. The molecule has 1 rings (SSSR count). The number of ether oxygens (including phenoxy) is 1. The first-order chi connectivity index (χ1) is 8.74. The van der Waals surface area contributed by atoms with E-state index in [-0.39, 0.29) is 12.1 Å². The summed E-state index contributed by atoms with van der Waals surface area (Å²) >= 11 is 0. The largest absolute Gasteiger partial charge is 0.443 e. The second kappa shape index (κ2) is 5.79. The summed E-state index contributed by atoms with van der Waals surface area (Å²) in [6.45, 7) is 9.42. The third-order valence-electron chi connectivity index (χ3n) is 2.40. The van der Waals surface area contributed by atoms with Gasteiger partial charge in [-0.3, -0.25) is 4.90 Å². The van der Waals surface area contributed by atoms with Gasteiger partial charge in [0.15, 0.2) is 0 Å². The van der Waals surface area contributed by atoms with Gasteiger partial charge in [-0.2, -0.15) is 0 Å². The Hall–Kier alpha value is -1.95. The van der Waals surface area contributed by atoms with Crippen LogP contribution in [0.25, 0.3) is 0 Å². The number of carbonyl (C=O) groups is 1. The van der Waals surface area contributed by atoms with Crippen molar-refractivity contribution < 1.29 is 9.53 Å². The molecule has 0 heterocycles. The molecule has 0 aliphatic carbocycles. The maximum atomic E-state index is 12.3. The Bertz CT molecular complexity index is 492. The van der Waals surface area contributed by atoms with Gasteiger partial charge in [0.25, 0.3) is 0 Å². The third kappa shape index (κ3) is 4.33. The zero-order valence-corrected chi connectivity index (χ0v) is 12.2. The van der Waals surface area contributed by atoms with Gasteiger partial charge < -0.3 is 4.74 Å². The van der Waals surface area contributed by atoms with Crippen molar-refractivity contribution in [1.29, 1.82) is 0 Å². The number of amides is 1. The Balaban J connectivity index is 3.07. The van der Waals surface area contributed by atoms with Crippen molar-refractivity contribution >= 4 is 11.8 Å². The van der Waals surface area contributed by atoms with Crippen molar-refractivity contribution in [2.75, 3.05) is 4.90 Å². The lowest BCUT2D eigenvalue weighted by Crippen LogP contribution is -2.41. The Morgan fingerprint density at radius 1 is 1.37 bits per heavy atom. The number of hydrogen-bond donors (Lipinski definition) is 0. The van der Waals surface area contributed by atoms with Crippen LogP contribution < -0.4 is 4.90 Å². The SMILES string of the molecule is C#Cc1cccc(N(C(=O)OC(C)(C)C)C(C)C)c1. The number of rotatable bonds is 2. The fraction of sp³-hybridized carbons (Fsp3) is 0.438. The molecule has 102 valence electrons. The summed E-state index contributed by atoms with van der Waals surface area (Å²) in [5.74, 6) is 2.57. The lowest BCUT2D eigenvalue weighted by molar-refractivity contribution is 0.0570. The van der Waals surface area contributed by atoms with E-state index in [1.54, 1.807) is 4.90 Å². The molecule has 0 saturated heterocycles. The van der Waals surface area contributed by atoms with E-state index >= 15 is 0 Å². The minimum Gasteiger partial charge on any atom is -0.443 e. The maximum Gasteiger partial charge on any atom is 0.415 e. The highest BCUT2D eigenvalue weighted by atomic mass is 16.6. The van der Waals surface area contributed by atoms with Crippen molar-refractivity contribution in [2.24, 2.45) is 0 Å². The minimum atomic E-state index is -0.520. The summed E-state index contributed by atoms with van der Waals surface area (Å²) < 4.78 is 5.42. The first kappa shape index (κ1) is 15.1. The van der Waals surface area contributed by atoms with E-state index < -0.39 is 5.60 Å². The van der Waals surface area contributed by atoms with Gasteiger partial charge in [0.2, 0.25) is 0 Å². The van der Waals surface area contributed by atoms with Gasteiger partial charge >= 0.3 is 6.09 Å². The van der Waals surface area contributed by atoms with Crippen LogP contribution in [0.4, 0.5) is 10.5 Å². The molecule has 0 radical (unpaired) electrons. The van der Waals surface area contributed by atoms with Crippen LogP contribution in [0.3, 0.4) is 0 Å². The average molecular weight is 259 g/mol. The van der Waals surface area contributed by atoms with Crippen LogP contribution >= 0.6 is 0 Å². The molecular formula is C16H21NO2. The summed E-state index contributed by atoms with van der Waals surface area (Å²) in [5.41, 5.74) is 0.972. The van der Waals surface area contributed by atoms with E-state index in [4.69, 9.17) is 11.2 Å². The molecule has 0 aliphatic rings. The number of benzene rings is 1. The molecule has 3 heteroatoms. The quantitative estimate of drug-likeness (QED) is 0.756. The molecule has 0 aliphatic heterocycles. The van der Waals surface area contributed by atoms with Gasteiger partial charge in [-0.25, -0.2) is 4.79 Å². The summed E-state index contributed by atoms with van der Waals surface area (Å²) in [6, 6.07) is 7.32. The monoisotopic (exact) mass is 259 g/mol. The van der Waals surface area contributed by atoms with Gasteiger partial charge in [-0.1, -0.05) is 12.0 Å². The van der Waals surface area contributed by atoms with Crippen LogP contribution in [0.5, 0.6) is 0 Å². The molecule has 0 aromatic heterocycles. The van der Waals surface area contributed by atoms with Crippen molar-refractivity contribution in [3.63, 3.8) is 0 Å². The van der Waals surface area contributed by atoms with Crippen molar-refractivity contribution in [1.82, 2.24) is 0 Å². The first-order valence-corrected chi connectivity index (χ1v) is 6.33. The molecule has 3 nitrogen and oxygen atoms in total. The van der Waals surface area contributed by atoms with Crippen LogP contribution in [-0.2, 0) is 4.74 Å². The highest BCUT2D eigenvalue weighted by Crippen LogP contribution is 2.21. The summed E-state index contributed by atoms with van der Waals surface area (Å²) in [7, 11) is 0. The normalized spacial score (nSPS) is 11.0. The number of terminal acetylenes is 1. The predicted molar refractivity (Wildman–Crippen MR) is 78.2 cm³/mol. The number of anilines is 1. The smallest absolute Gasteiger partial charge is 0.415 e. The standard InChI is InChI=1S/C16H21NO2/c1-7-13-9-8-10-14(11-13)17(12(2)3)15(18)19-16(4,5)6/h1,8-12H,2-6H3. The molecule has 0 saturated carbocycles. The van der Waals surface area contributed by atoms with Gasteiger partial charge in [0, 0.05) is 17.3 Å². The molecule has 1 aromatic rings. The molecule has 0 unspecified atom stereocenters. The number of carbonyl (C=O) groups excluding carboxylic acids is 1. The topological polar surface area (TPSA) is 29.5 Å². The zero-order chi connectivity index (χ0) is 14.6. The average Bonchev–Trinajstić information content (AvgIpc) is 2.26. The first-order valence-electron chi connectivity index (χ1n) is 6.33. The third-order valence-corrected chi connectivity index (χ3v) is 2.40. The zero-order valence-electron chi connectivity index (χ0n) is 12.2. The molecule has 0 fully saturated rings. The summed E-state index contributed by atoms with van der Waals surface area (Å²) in [5, 5.41) is 0. The lowest BCUT2D eigenvalue weighted by Gasteiger charge is -2.30. The van der Waals surface area contributed by atoms with Crippen LogP contribution in [0.1, 0.15) is 40.2 Å². The molecule has 1 amide bonds. The maximum absolute atomic E-state index is 12.3. The van der Waals surface area contributed by atoms with E-state index in [1.165, 1.54) is 0 Å². The molecule has 0 atom stereocenters. The second-order valence-corrected chi connectivity index (χ2v) is 5.64. The summed E-state index contributed by atoms with van der Waals surface area (Å²) in [4.78, 5) is 13.9. The van der Waals surface area contributed by atoms with Crippen LogP contribution in [0.2, 0.25) is 0 Å². The van der Waals surface area contributed by atoms with Crippen molar-refractivity contribution in [3.8, 4) is 12.3 Å². The van der Waals surface area contributed by atoms with E-state index in [9.17, 15) is 4.79 Å². The van der Waals surface area contributed by atoms with Crippen LogP contribution in [0, 0.1) is 12.3 Å². The van der Waals surface area contributed by atoms with Gasteiger partial charge in [0.05, 0.1) is 0 Å². The molecular weight excluding hydrogens is 238 g/mol. The molecule has 19 heavy (non-hydrogen) atoms. The van der Waals surface area contributed by atoms with Gasteiger partial charge in [0.1, 0.15) is 5.60 Å². The van der Waals surface area contributed by atoms with E-state index in [2.05, 4.69) is 5.92 Å². The van der Waals surface area contributed by atoms with Crippen LogP contribution in [-0.4, -0.2) is 17.7 Å². The molecule has 0 N–H and O–H groups in total. The number of nitrogens with zero attached hydrogens (tertiary/aromatic N) is 1. The lowest BCUT2D eigenvalue weighted by atomic mass is 10.1. The molecule has 0 bridgehead atoms. The van der Waals surface area contributed by atoms with Gasteiger partial charge in [-0.15, -0.1) is 6.42 Å². The Kier molecular flexibility index (Phi) is 4.61. The highest BCUT2D eigenvalue weighted by molar-refractivity contribution is 5.88. The Labute approximate surface area is 115 Å².